The fraction of sp³-hybridized carbons (Fsp3) is 0.312. The van der Waals surface area contributed by atoms with Gasteiger partial charge in [0, 0.05) is 19.3 Å². The summed E-state index contributed by atoms with van der Waals surface area (Å²) in [5.74, 6) is 0.289. The molecule has 1 N–H and O–H groups in total. The molecule has 2 heterocycles. The molecule has 0 amide bonds. The number of pyridine rings is 1. The maximum atomic E-state index is 12.7. The summed E-state index contributed by atoms with van der Waals surface area (Å²) in [5, 5.41) is 0.178. The molecule has 24 heavy (non-hydrogen) atoms. The van der Waals surface area contributed by atoms with E-state index in [1.54, 1.807) is 30.5 Å². The van der Waals surface area contributed by atoms with E-state index in [9.17, 15) is 8.42 Å². The Hall–Kier alpha value is -1.83. The molecule has 0 unspecified atom stereocenters. The van der Waals surface area contributed by atoms with Crippen LogP contribution in [0.1, 0.15) is 5.56 Å². The molecular formula is C16H18ClN3O3S. The van der Waals surface area contributed by atoms with Crippen LogP contribution in [0.25, 0.3) is 0 Å². The number of benzene rings is 1. The monoisotopic (exact) mass is 367 g/mol. The zero-order valence-corrected chi connectivity index (χ0v) is 14.8. The number of nitrogens with zero attached hydrogens (tertiary/aromatic N) is 2. The highest BCUT2D eigenvalue weighted by Crippen LogP contribution is 2.29. The van der Waals surface area contributed by atoms with Crippen molar-refractivity contribution in [2.45, 2.75) is 11.8 Å². The van der Waals surface area contributed by atoms with Crippen LogP contribution < -0.4 is 9.62 Å². The minimum absolute atomic E-state index is 0.0442. The molecule has 1 aliphatic heterocycles. The molecule has 0 atom stereocenters. The van der Waals surface area contributed by atoms with E-state index in [1.165, 1.54) is 0 Å². The van der Waals surface area contributed by atoms with E-state index in [0.717, 1.165) is 11.3 Å². The summed E-state index contributed by atoms with van der Waals surface area (Å²) in [6, 6.07) is 8.51. The van der Waals surface area contributed by atoms with Crippen molar-refractivity contribution in [1.29, 1.82) is 0 Å². The van der Waals surface area contributed by atoms with Crippen molar-refractivity contribution >= 4 is 33.1 Å². The standard InChI is InChI=1S/C16H18ClN3O3S/c1-12-4-5-13(17)15(11-12)24(21,22)19-16-14(3-2-6-18-16)20-7-9-23-10-8-20/h2-6,11H,7-10H2,1H3,(H,18,19). The Labute approximate surface area is 146 Å². The first-order chi connectivity index (χ1) is 11.5. The van der Waals surface area contributed by atoms with E-state index < -0.39 is 10.0 Å². The van der Waals surface area contributed by atoms with E-state index in [2.05, 4.69) is 9.71 Å². The molecule has 1 fully saturated rings. The zero-order chi connectivity index (χ0) is 17.2. The van der Waals surface area contributed by atoms with Crippen LogP contribution in [0, 0.1) is 6.92 Å². The van der Waals surface area contributed by atoms with Crippen LogP contribution >= 0.6 is 11.6 Å². The number of hydrogen-bond donors (Lipinski definition) is 1. The van der Waals surface area contributed by atoms with E-state index in [0.29, 0.717) is 26.3 Å². The number of aryl methyl sites for hydroxylation is 1. The van der Waals surface area contributed by atoms with Crippen LogP contribution in [-0.2, 0) is 14.8 Å². The van der Waals surface area contributed by atoms with Gasteiger partial charge in [-0.05, 0) is 36.8 Å². The van der Waals surface area contributed by atoms with E-state index in [4.69, 9.17) is 16.3 Å². The Bertz CT molecular complexity index is 836. The van der Waals surface area contributed by atoms with Gasteiger partial charge in [0.15, 0.2) is 5.82 Å². The summed E-state index contributed by atoms with van der Waals surface area (Å²) in [6.07, 6.45) is 1.56. The number of anilines is 2. The second-order valence-corrected chi connectivity index (χ2v) is 7.57. The molecule has 3 rings (SSSR count). The fourth-order valence-electron chi connectivity index (χ4n) is 2.53. The number of rotatable bonds is 4. The van der Waals surface area contributed by atoms with Gasteiger partial charge < -0.3 is 9.64 Å². The van der Waals surface area contributed by atoms with Gasteiger partial charge in [0.25, 0.3) is 10.0 Å². The first-order valence-corrected chi connectivity index (χ1v) is 9.40. The highest BCUT2D eigenvalue weighted by Gasteiger charge is 2.22. The van der Waals surface area contributed by atoms with Crippen molar-refractivity contribution in [3.8, 4) is 0 Å². The van der Waals surface area contributed by atoms with Crippen molar-refractivity contribution < 1.29 is 13.2 Å². The van der Waals surface area contributed by atoms with Gasteiger partial charge in [-0.3, -0.25) is 4.72 Å². The minimum atomic E-state index is -3.83. The van der Waals surface area contributed by atoms with E-state index in [1.807, 2.05) is 17.9 Å². The molecule has 0 aliphatic carbocycles. The molecule has 0 bridgehead atoms. The molecule has 1 aliphatic rings. The molecule has 0 radical (unpaired) electrons. The summed E-state index contributed by atoms with van der Waals surface area (Å²) in [6.45, 7) is 4.39. The van der Waals surface area contributed by atoms with Crippen molar-refractivity contribution in [2.75, 3.05) is 35.9 Å². The van der Waals surface area contributed by atoms with E-state index in [-0.39, 0.29) is 15.7 Å². The highest BCUT2D eigenvalue weighted by atomic mass is 35.5. The topological polar surface area (TPSA) is 71.5 Å². The minimum Gasteiger partial charge on any atom is -0.378 e. The number of sulfonamides is 1. The van der Waals surface area contributed by atoms with Gasteiger partial charge in [0.1, 0.15) is 4.90 Å². The smallest absolute Gasteiger partial charge is 0.264 e. The number of halogens is 1. The third-order valence-corrected chi connectivity index (χ3v) is 5.57. The van der Waals surface area contributed by atoms with Crippen LogP contribution in [0.3, 0.4) is 0 Å². The lowest BCUT2D eigenvalue weighted by Gasteiger charge is -2.30. The second-order valence-electron chi connectivity index (χ2n) is 5.51. The third kappa shape index (κ3) is 3.63. The highest BCUT2D eigenvalue weighted by molar-refractivity contribution is 7.92. The van der Waals surface area contributed by atoms with E-state index >= 15 is 0 Å². The lowest BCUT2D eigenvalue weighted by Crippen LogP contribution is -2.37. The van der Waals surface area contributed by atoms with Gasteiger partial charge >= 0.3 is 0 Å². The summed E-state index contributed by atoms with van der Waals surface area (Å²) in [4.78, 5) is 6.29. The Morgan fingerprint density at radius 2 is 2.00 bits per heavy atom. The molecule has 1 saturated heterocycles. The molecule has 8 heteroatoms. The third-order valence-electron chi connectivity index (χ3n) is 3.75. The summed E-state index contributed by atoms with van der Waals surface area (Å²) in [5.41, 5.74) is 1.54. The quantitative estimate of drug-likeness (QED) is 0.899. The average molecular weight is 368 g/mol. The largest absolute Gasteiger partial charge is 0.378 e. The predicted octanol–water partition coefficient (Wildman–Crippen LogP) is 2.68. The Morgan fingerprint density at radius 3 is 2.75 bits per heavy atom. The number of nitrogens with one attached hydrogen (secondary N) is 1. The van der Waals surface area contributed by atoms with Gasteiger partial charge in [-0.1, -0.05) is 17.7 Å². The zero-order valence-electron chi connectivity index (χ0n) is 13.2. The van der Waals surface area contributed by atoms with Crippen LogP contribution in [0.5, 0.6) is 0 Å². The van der Waals surface area contributed by atoms with Crippen LogP contribution in [0.15, 0.2) is 41.4 Å². The first-order valence-electron chi connectivity index (χ1n) is 7.54. The molecule has 0 saturated carbocycles. The molecule has 128 valence electrons. The molecule has 0 spiro atoms. The lowest BCUT2D eigenvalue weighted by atomic mass is 10.2. The van der Waals surface area contributed by atoms with Crippen LogP contribution in [0.2, 0.25) is 5.02 Å². The maximum Gasteiger partial charge on any atom is 0.264 e. The summed E-state index contributed by atoms with van der Waals surface area (Å²) in [7, 11) is -3.83. The maximum absolute atomic E-state index is 12.7. The molecule has 6 nitrogen and oxygen atoms in total. The van der Waals surface area contributed by atoms with Crippen molar-refractivity contribution in [3.05, 3.63) is 47.1 Å². The first kappa shape index (κ1) is 17.0. The van der Waals surface area contributed by atoms with Crippen LogP contribution in [-0.4, -0.2) is 39.7 Å². The number of morpholine rings is 1. The van der Waals surface area contributed by atoms with Gasteiger partial charge in [0.2, 0.25) is 0 Å². The normalized spacial score (nSPS) is 15.3. The van der Waals surface area contributed by atoms with Gasteiger partial charge in [0.05, 0.1) is 23.9 Å². The summed E-state index contributed by atoms with van der Waals surface area (Å²) >= 11 is 6.07. The Balaban J connectivity index is 1.94. The van der Waals surface area contributed by atoms with Gasteiger partial charge in [-0.15, -0.1) is 0 Å². The Morgan fingerprint density at radius 1 is 1.25 bits per heavy atom. The van der Waals surface area contributed by atoms with Gasteiger partial charge in [-0.25, -0.2) is 13.4 Å². The van der Waals surface area contributed by atoms with Crippen molar-refractivity contribution in [2.24, 2.45) is 0 Å². The second kappa shape index (κ2) is 6.96. The number of ether oxygens (including phenoxy) is 1. The molecular weight excluding hydrogens is 350 g/mol. The summed E-state index contributed by atoms with van der Waals surface area (Å²) < 4.78 is 33.4. The van der Waals surface area contributed by atoms with Crippen molar-refractivity contribution in [3.63, 3.8) is 0 Å². The fourth-order valence-corrected chi connectivity index (χ4v) is 4.14. The molecule has 2 aromatic rings. The Kier molecular flexibility index (Phi) is 4.93. The SMILES string of the molecule is Cc1ccc(Cl)c(S(=O)(=O)Nc2ncccc2N2CCOCC2)c1. The predicted molar refractivity (Wildman–Crippen MR) is 94.3 cm³/mol. The van der Waals surface area contributed by atoms with Gasteiger partial charge in [-0.2, -0.15) is 0 Å². The van der Waals surface area contributed by atoms with Crippen molar-refractivity contribution in [1.82, 2.24) is 4.98 Å². The number of hydrogen-bond acceptors (Lipinski definition) is 5. The van der Waals surface area contributed by atoms with Crippen LogP contribution in [0.4, 0.5) is 11.5 Å². The number of aromatic nitrogens is 1. The lowest BCUT2D eigenvalue weighted by molar-refractivity contribution is 0.123. The molecule has 1 aromatic heterocycles. The molecule has 1 aromatic carbocycles. The average Bonchev–Trinajstić information content (AvgIpc) is 2.58.